The fourth-order valence-corrected chi connectivity index (χ4v) is 3.59. The van der Waals surface area contributed by atoms with Crippen LogP contribution >= 0.6 is 0 Å². The number of guanidine groups is 1. The largest absolute Gasteiger partial charge is 0.356 e. The number of piperidine rings is 1. The van der Waals surface area contributed by atoms with Gasteiger partial charge in [0.05, 0.1) is 5.69 Å². The fourth-order valence-electron chi connectivity index (χ4n) is 3.59. The molecular formula is C21H32N6. The van der Waals surface area contributed by atoms with Crippen LogP contribution in [0.1, 0.15) is 31.7 Å². The van der Waals surface area contributed by atoms with E-state index in [1.807, 2.05) is 24.0 Å². The molecule has 1 aliphatic rings. The summed E-state index contributed by atoms with van der Waals surface area (Å²) in [6, 6.07) is 11.2. The molecular weight excluding hydrogens is 336 g/mol. The molecule has 6 nitrogen and oxygen atoms in total. The summed E-state index contributed by atoms with van der Waals surface area (Å²) in [6.45, 7) is 6.44. The van der Waals surface area contributed by atoms with Crippen LogP contribution in [-0.4, -0.2) is 59.9 Å². The lowest BCUT2D eigenvalue weighted by atomic mass is 10.0. The predicted molar refractivity (Wildman–Crippen MR) is 112 cm³/mol. The zero-order chi connectivity index (χ0) is 18.9. The lowest BCUT2D eigenvalue weighted by Gasteiger charge is -2.33. The van der Waals surface area contributed by atoms with Crippen LogP contribution in [0.25, 0.3) is 5.69 Å². The summed E-state index contributed by atoms with van der Waals surface area (Å²) in [5, 5.41) is 11.1. The molecule has 1 saturated heterocycles. The van der Waals surface area contributed by atoms with Gasteiger partial charge in [-0.05, 0) is 56.5 Å². The number of nitrogens with zero attached hydrogens (tertiary/aromatic N) is 4. The Morgan fingerprint density at radius 3 is 2.70 bits per heavy atom. The highest BCUT2D eigenvalue weighted by atomic mass is 15.3. The van der Waals surface area contributed by atoms with Gasteiger partial charge in [-0.25, -0.2) is 4.68 Å². The van der Waals surface area contributed by atoms with Crippen LogP contribution in [0.15, 0.2) is 47.7 Å². The summed E-state index contributed by atoms with van der Waals surface area (Å²) in [5.41, 5.74) is 2.39. The highest BCUT2D eigenvalue weighted by molar-refractivity contribution is 5.79. The van der Waals surface area contributed by atoms with Crippen LogP contribution < -0.4 is 10.6 Å². The maximum atomic E-state index is 4.33. The SMILES string of the molecule is CN=C(NCCc1ccc(-n2cccn2)cc1)NCCN1CCCCC1C. The van der Waals surface area contributed by atoms with Gasteiger partial charge in [-0.1, -0.05) is 18.6 Å². The Morgan fingerprint density at radius 1 is 1.19 bits per heavy atom. The van der Waals surface area contributed by atoms with Crippen molar-refractivity contribution >= 4 is 5.96 Å². The Bertz CT molecular complexity index is 692. The Hall–Kier alpha value is -2.34. The standard InChI is InChI=1S/C21H32N6/c1-18-6-3-4-15-26(18)17-14-24-21(22-2)23-13-11-19-7-9-20(10-8-19)27-16-5-12-25-27/h5,7-10,12,16,18H,3-4,6,11,13-15,17H2,1-2H3,(H2,22,23,24). The normalized spacial score (nSPS) is 18.4. The molecule has 0 spiro atoms. The van der Waals surface area contributed by atoms with Gasteiger partial charge in [0.15, 0.2) is 5.96 Å². The van der Waals surface area contributed by atoms with E-state index < -0.39 is 0 Å². The summed E-state index contributed by atoms with van der Waals surface area (Å²) in [7, 11) is 1.83. The van der Waals surface area contributed by atoms with Crippen LogP contribution in [0.5, 0.6) is 0 Å². The van der Waals surface area contributed by atoms with Crippen LogP contribution in [0.3, 0.4) is 0 Å². The number of likely N-dealkylation sites (tertiary alicyclic amines) is 1. The van der Waals surface area contributed by atoms with Crippen molar-refractivity contribution in [2.75, 3.05) is 33.2 Å². The Morgan fingerprint density at radius 2 is 2.00 bits per heavy atom. The summed E-state index contributed by atoms with van der Waals surface area (Å²) in [6.07, 6.45) is 8.74. The first kappa shape index (κ1) is 19.4. The second-order valence-corrected chi connectivity index (χ2v) is 7.17. The van der Waals surface area contributed by atoms with Gasteiger partial charge < -0.3 is 10.6 Å². The van der Waals surface area contributed by atoms with E-state index in [1.54, 1.807) is 6.20 Å². The van der Waals surface area contributed by atoms with E-state index in [0.717, 1.165) is 37.7 Å². The Kier molecular flexibility index (Phi) is 7.27. The Labute approximate surface area is 162 Å². The number of aromatic nitrogens is 2. The van der Waals surface area contributed by atoms with Gasteiger partial charge in [0, 0.05) is 45.1 Å². The zero-order valence-corrected chi connectivity index (χ0v) is 16.6. The molecule has 0 saturated carbocycles. The van der Waals surface area contributed by atoms with Crippen LogP contribution in [0, 0.1) is 0 Å². The fraction of sp³-hybridized carbons (Fsp3) is 0.524. The third kappa shape index (κ3) is 5.82. The number of nitrogens with one attached hydrogen (secondary N) is 2. The van der Waals surface area contributed by atoms with E-state index in [9.17, 15) is 0 Å². The Balaban J connectivity index is 1.37. The maximum absolute atomic E-state index is 4.33. The molecule has 0 bridgehead atoms. The van der Waals surface area contributed by atoms with E-state index in [2.05, 4.69) is 56.8 Å². The van der Waals surface area contributed by atoms with Crippen molar-refractivity contribution in [3.63, 3.8) is 0 Å². The van der Waals surface area contributed by atoms with Crippen LogP contribution in [0.2, 0.25) is 0 Å². The number of hydrogen-bond donors (Lipinski definition) is 2. The lowest BCUT2D eigenvalue weighted by Crippen LogP contribution is -2.45. The monoisotopic (exact) mass is 368 g/mol. The minimum absolute atomic E-state index is 0.709. The van der Waals surface area contributed by atoms with Gasteiger partial charge in [0.2, 0.25) is 0 Å². The van der Waals surface area contributed by atoms with Gasteiger partial charge in [-0.2, -0.15) is 5.10 Å². The topological polar surface area (TPSA) is 57.5 Å². The molecule has 1 fully saturated rings. The van der Waals surface area contributed by atoms with E-state index in [-0.39, 0.29) is 0 Å². The van der Waals surface area contributed by atoms with E-state index in [1.165, 1.54) is 31.4 Å². The van der Waals surface area contributed by atoms with Crippen molar-refractivity contribution in [1.82, 2.24) is 25.3 Å². The van der Waals surface area contributed by atoms with E-state index >= 15 is 0 Å². The second kappa shape index (κ2) is 10.1. The molecule has 1 unspecified atom stereocenters. The molecule has 1 aromatic carbocycles. The van der Waals surface area contributed by atoms with E-state index in [4.69, 9.17) is 0 Å². The number of rotatable bonds is 7. The first-order valence-electron chi connectivity index (χ1n) is 10.0. The molecule has 2 heterocycles. The highest BCUT2D eigenvalue weighted by Gasteiger charge is 2.17. The number of hydrogen-bond acceptors (Lipinski definition) is 3. The van der Waals surface area contributed by atoms with Gasteiger partial charge in [0.25, 0.3) is 0 Å². The van der Waals surface area contributed by atoms with Crippen LogP contribution in [-0.2, 0) is 6.42 Å². The highest BCUT2D eigenvalue weighted by Crippen LogP contribution is 2.15. The van der Waals surface area contributed by atoms with Gasteiger partial charge in [-0.15, -0.1) is 0 Å². The first-order chi connectivity index (χ1) is 13.3. The van der Waals surface area contributed by atoms with Gasteiger partial charge in [-0.3, -0.25) is 9.89 Å². The quantitative estimate of drug-likeness (QED) is 0.582. The summed E-state index contributed by atoms with van der Waals surface area (Å²) in [5.74, 6) is 0.882. The molecule has 0 aliphatic carbocycles. The van der Waals surface area contributed by atoms with Crippen molar-refractivity contribution in [3.8, 4) is 5.69 Å². The van der Waals surface area contributed by atoms with Crippen molar-refractivity contribution in [2.45, 2.75) is 38.6 Å². The molecule has 0 amide bonds. The van der Waals surface area contributed by atoms with Gasteiger partial charge >= 0.3 is 0 Å². The molecule has 1 aliphatic heterocycles. The predicted octanol–water partition coefficient (Wildman–Crippen LogP) is 2.45. The molecule has 0 radical (unpaired) electrons. The van der Waals surface area contributed by atoms with Gasteiger partial charge in [0.1, 0.15) is 0 Å². The molecule has 146 valence electrons. The van der Waals surface area contributed by atoms with Crippen molar-refractivity contribution in [2.24, 2.45) is 4.99 Å². The minimum atomic E-state index is 0.709. The second-order valence-electron chi connectivity index (χ2n) is 7.17. The lowest BCUT2D eigenvalue weighted by molar-refractivity contribution is 0.163. The molecule has 2 aromatic rings. The average Bonchev–Trinajstić information content (AvgIpc) is 3.23. The third-order valence-corrected chi connectivity index (χ3v) is 5.27. The van der Waals surface area contributed by atoms with Crippen molar-refractivity contribution < 1.29 is 0 Å². The number of aliphatic imine (C=N–C) groups is 1. The average molecular weight is 369 g/mol. The summed E-state index contributed by atoms with van der Waals surface area (Å²) < 4.78 is 1.87. The molecule has 27 heavy (non-hydrogen) atoms. The minimum Gasteiger partial charge on any atom is -0.356 e. The summed E-state index contributed by atoms with van der Waals surface area (Å²) in [4.78, 5) is 6.91. The first-order valence-corrected chi connectivity index (χ1v) is 10.0. The molecule has 6 heteroatoms. The smallest absolute Gasteiger partial charge is 0.191 e. The maximum Gasteiger partial charge on any atom is 0.191 e. The molecule has 1 aromatic heterocycles. The van der Waals surface area contributed by atoms with Crippen molar-refractivity contribution in [3.05, 3.63) is 48.3 Å². The molecule has 2 N–H and O–H groups in total. The molecule has 3 rings (SSSR count). The number of benzene rings is 1. The van der Waals surface area contributed by atoms with Crippen LogP contribution in [0.4, 0.5) is 0 Å². The molecule has 1 atom stereocenters. The van der Waals surface area contributed by atoms with E-state index in [0.29, 0.717) is 6.04 Å². The summed E-state index contributed by atoms with van der Waals surface area (Å²) >= 11 is 0. The zero-order valence-electron chi connectivity index (χ0n) is 16.6. The van der Waals surface area contributed by atoms with Crippen molar-refractivity contribution in [1.29, 1.82) is 0 Å². The third-order valence-electron chi connectivity index (χ3n) is 5.27.